The summed E-state index contributed by atoms with van der Waals surface area (Å²) in [6, 6.07) is 10.8. The fourth-order valence-corrected chi connectivity index (χ4v) is 1.76. The molecule has 3 nitrogen and oxygen atoms in total. The van der Waals surface area contributed by atoms with Crippen LogP contribution >= 0.6 is 0 Å². The number of aldehydes is 1. The molecule has 0 aliphatic rings. The Morgan fingerprint density at radius 1 is 1.11 bits per heavy atom. The van der Waals surface area contributed by atoms with Crippen LogP contribution in [0, 0.1) is 0 Å². The second kappa shape index (κ2) is 5.27. The van der Waals surface area contributed by atoms with Crippen molar-refractivity contribution in [3.8, 4) is 0 Å². The number of carboxylic acid groups (broad SMARTS) is 1. The predicted molar refractivity (Wildman–Crippen MR) is 70.6 cm³/mol. The van der Waals surface area contributed by atoms with Gasteiger partial charge in [0.2, 0.25) is 0 Å². The Hall–Kier alpha value is -2.42. The van der Waals surface area contributed by atoms with Crippen molar-refractivity contribution in [3.05, 3.63) is 53.6 Å². The summed E-state index contributed by atoms with van der Waals surface area (Å²) in [4.78, 5) is 21.0. The lowest BCUT2D eigenvalue weighted by Crippen LogP contribution is -1.95. The fourth-order valence-electron chi connectivity index (χ4n) is 1.76. The standard InChI is InChI=1S/C15H12O3/c16-8-2-1-3-11-4-5-13-10-14(15(17)18)7-6-12(13)9-11/h1,3-10H,2H2,(H,17,18). The molecule has 3 heteroatoms. The lowest BCUT2D eigenvalue weighted by molar-refractivity contribution is -0.107. The van der Waals surface area contributed by atoms with E-state index in [0.717, 1.165) is 22.6 Å². The van der Waals surface area contributed by atoms with Crippen LogP contribution in [0.25, 0.3) is 16.8 Å². The Morgan fingerprint density at radius 2 is 1.83 bits per heavy atom. The molecule has 18 heavy (non-hydrogen) atoms. The number of hydrogen-bond donors (Lipinski definition) is 1. The Bertz CT molecular complexity index is 627. The van der Waals surface area contributed by atoms with E-state index in [1.165, 1.54) is 0 Å². The summed E-state index contributed by atoms with van der Waals surface area (Å²) in [5.74, 6) is -0.924. The van der Waals surface area contributed by atoms with Crippen LogP contribution in [0.5, 0.6) is 0 Å². The van der Waals surface area contributed by atoms with Gasteiger partial charge in [0.15, 0.2) is 0 Å². The second-order valence-corrected chi connectivity index (χ2v) is 3.93. The first kappa shape index (κ1) is 12.0. The fraction of sp³-hybridized carbons (Fsp3) is 0.0667. The van der Waals surface area contributed by atoms with Crippen LogP contribution in [-0.4, -0.2) is 17.4 Å². The molecule has 0 unspecified atom stereocenters. The van der Waals surface area contributed by atoms with Crippen molar-refractivity contribution in [3.63, 3.8) is 0 Å². The maximum absolute atomic E-state index is 10.8. The zero-order valence-electron chi connectivity index (χ0n) is 9.67. The summed E-state index contributed by atoms with van der Waals surface area (Å²) >= 11 is 0. The van der Waals surface area contributed by atoms with Crippen molar-refractivity contribution in [2.24, 2.45) is 0 Å². The van der Waals surface area contributed by atoms with Gasteiger partial charge in [-0.25, -0.2) is 4.79 Å². The molecule has 0 spiro atoms. The van der Waals surface area contributed by atoms with Gasteiger partial charge < -0.3 is 9.90 Å². The highest BCUT2D eigenvalue weighted by Crippen LogP contribution is 2.19. The summed E-state index contributed by atoms with van der Waals surface area (Å²) in [5, 5.41) is 10.8. The molecule has 0 bridgehead atoms. The van der Waals surface area contributed by atoms with Gasteiger partial charge in [0, 0.05) is 6.42 Å². The van der Waals surface area contributed by atoms with Gasteiger partial charge in [0.05, 0.1) is 5.56 Å². The van der Waals surface area contributed by atoms with Gasteiger partial charge in [-0.3, -0.25) is 0 Å². The van der Waals surface area contributed by atoms with Crippen LogP contribution in [0.4, 0.5) is 0 Å². The van der Waals surface area contributed by atoms with E-state index < -0.39 is 5.97 Å². The molecule has 0 heterocycles. The molecule has 2 aromatic carbocycles. The first-order valence-corrected chi connectivity index (χ1v) is 5.58. The quantitative estimate of drug-likeness (QED) is 0.835. The third-order valence-corrected chi connectivity index (χ3v) is 2.65. The van der Waals surface area contributed by atoms with E-state index in [1.807, 2.05) is 24.3 Å². The van der Waals surface area contributed by atoms with Crippen LogP contribution in [0.1, 0.15) is 22.3 Å². The first-order chi connectivity index (χ1) is 8.70. The predicted octanol–water partition coefficient (Wildman–Crippen LogP) is 3.14. The van der Waals surface area contributed by atoms with E-state index in [-0.39, 0.29) is 5.56 Å². The molecule has 0 saturated heterocycles. The maximum atomic E-state index is 10.8. The van der Waals surface area contributed by atoms with Crippen LogP contribution < -0.4 is 0 Å². The SMILES string of the molecule is O=CCC=Cc1ccc2cc(C(=O)O)ccc2c1. The van der Waals surface area contributed by atoms with Crippen molar-refractivity contribution in [2.75, 3.05) is 0 Å². The molecule has 0 radical (unpaired) electrons. The second-order valence-electron chi connectivity index (χ2n) is 3.93. The molecule has 2 aromatic rings. The molecule has 0 aromatic heterocycles. The summed E-state index contributed by atoms with van der Waals surface area (Å²) in [6.45, 7) is 0. The normalized spacial score (nSPS) is 10.9. The van der Waals surface area contributed by atoms with Crippen LogP contribution in [0.2, 0.25) is 0 Å². The molecule has 0 amide bonds. The zero-order chi connectivity index (χ0) is 13.0. The van der Waals surface area contributed by atoms with Crippen molar-refractivity contribution in [1.82, 2.24) is 0 Å². The summed E-state index contributed by atoms with van der Waals surface area (Å²) < 4.78 is 0. The average molecular weight is 240 g/mol. The van der Waals surface area contributed by atoms with Crippen LogP contribution in [0.15, 0.2) is 42.5 Å². The van der Waals surface area contributed by atoms with E-state index >= 15 is 0 Å². The van der Waals surface area contributed by atoms with E-state index in [2.05, 4.69) is 0 Å². The van der Waals surface area contributed by atoms with Gasteiger partial charge in [-0.05, 0) is 34.5 Å². The van der Waals surface area contributed by atoms with E-state index in [4.69, 9.17) is 5.11 Å². The van der Waals surface area contributed by atoms with Gasteiger partial charge in [-0.2, -0.15) is 0 Å². The first-order valence-electron chi connectivity index (χ1n) is 5.58. The van der Waals surface area contributed by atoms with Crippen LogP contribution in [-0.2, 0) is 4.79 Å². The number of carboxylic acids is 1. The van der Waals surface area contributed by atoms with Gasteiger partial charge >= 0.3 is 5.97 Å². The molecule has 0 aliphatic carbocycles. The van der Waals surface area contributed by atoms with Gasteiger partial charge in [-0.1, -0.05) is 30.4 Å². The third-order valence-electron chi connectivity index (χ3n) is 2.65. The van der Waals surface area contributed by atoms with Crippen LogP contribution in [0.3, 0.4) is 0 Å². The topological polar surface area (TPSA) is 54.4 Å². The molecule has 90 valence electrons. The molecule has 0 atom stereocenters. The minimum atomic E-state index is -0.924. The molecule has 0 fully saturated rings. The molecule has 0 saturated carbocycles. The van der Waals surface area contributed by atoms with Crippen molar-refractivity contribution in [2.45, 2.75) is 6.42 Å². The molecule has 2 rings (SSSR count). The van der Waals surface area contributed by atoms with Gasteiger partial charge in [-0.15, -0.1) is 0 Å². The number of rotatable bonds is 4. The number of carbonyl (C=O) groups excluding carboxylic acids is 1. The number of benzene rings is 2. The zero-order valence-corrected chi connectivity index (χ0v) is 9.67. The Morgan fingerprint density at radius 3 is 2.56 bits per heavy atom. The number of allylic oxidation sites excluding steroid dienone is 1. The lowest BCUT2D eigenvalue weighted by Gasteiger charge is -2.01. The summed E-state index contributed by atoms with van der Waals surface area (Å²) in [7, 11) is 0. The molecule has 1 N–H and O–H groups in total. The minimum Gasteiger partial charge on any atom is -0.478 e. The van der Waals surface area contributed by atoms with Crippen molar-refractivity contribution >= 4 is 29.1 Å². The third kappa shape index (κ3) is 2.63. The van der Waals surface area contributed by atoms with Gasteiger partial charge in [0.1, 0.15) is 6.29 Å². The maximum Gasteiger partial charge on any atom is 0.335 e. The van der Waals surface area contributed by atoms with Gasteiger partial charge in [0.25, 0.3) is 0 Å². The largest absolute Gasteiger partial charge is 0.478 e. The van der Waals surface area contributed by atoms with E-state index in [1.54, 1.807) is 24.3 Å². The molecular weight excluding hydrogens is 228 g/mol. The summed E-state index contributed by atoms with van der Waals surface area (Å²) in [5.41, 5.74) is 1.28. The Labute approximate surface area is 104 Å². The van der Waals surface area contributed by atoms with Crippen molar-refractivity contribution in [1.29, 1.82) is 0 Å². The Balaban J connectivity index is 2.38. The van der Waals surface area contributed by atoms with Crippen molar-refractivity contribution < 1.29 is 14.7 Å². The number of carbonyl (C=O) groups is 2. The molecular formula is C15H12O3. The smallest absolute Gasteiger partial charge is 0.335 e. The average Bonchev–Trinajstić information content (AvgIpc) is 2.38. The highest BCUT2D eigenvalue weighted by Gasteiger charge is 2.03. The molecule has 0 aliphatic heterocycles. The Kier molecular flexibility index (Phi) is 3.53. The monoisotopic (exact) mass is 240 g/mol. The van der Waals surface area contributed by atoms with E-state index in [9.17, 15) is 9.59 Å². The highest BCUT2D eigenvalue weighted by atomic mass is 16.4. The number of aromatic carboxylic acids is 1. The lowest BCUT2D eigenvalue weighted by atomic mass is 10.0. The highest BCUT2D eigenvalue weighted by molar-refractivity contribution is 5.94. The summed E-state index contributed by atoms with van der Waals surface area (Å²) in [6.07, 6.45) is 4.91. The van der Waals surface area contributed by atoms with E-state index in [0.29, 0.717) is 6.42 Å². The minimum absolute atomic E-state index is 0.284. The number of hydrogen-bond acceptors (Lipinski definition) is 2. The number of fused-ring (bicyclic) bond motifs is 1.